The summed E-state index contributed by atoms with van der Waals surface area (Å²) in [6.07, 6.45) is 6.54. The smallest absolute Gasteiger partial charge is 0.161 e. The standard InChI is InChI=1S/C11H14O2/c1-11(2,3)10(12)5-4-9-6-7-13-8-9/h4-8H,1-3H3/b5-4+. The van der Waals surface area contributed by atoms with Gasteiger partial charge in [-0.2, -0.15) is 0 Å². The Morgan fingerprint density at radius 1 is 1.46 bits per heavy atom. The predicted octanol–water partition coefficient (Wildman–Crippen LogP) is 2.91. The average molecular weight is 178 g/mol. The van der Waals surface area contributed by atoms with Gasteiger partial charge in [-0.05, 0) is 18.2 Å². The first-order valence-electron chi connectivity index (χ1n) is 4.25. The van der Waals surface area contributed by atoms with Crippen molar-refractivity contribution in [2.24, 2.45) is 5.41 Å². The van der Waals surface area contributed by atoms with Gasteiger partial charge in [0.05, 0.1) is 12.5 Å². The number of allylic oxidation sites excluding steroid dienone is 1. The molecule has 0 radical (unpaired) electrons. The zero-order chi connectivity index (χ0) is 9.90. The third kappa shape index (κ3) is 2.90. The summed E-state index contributed by atoms with van der Waals surface area (Å²) in [5.41, 5.74) is 0.609. The summed E-state index contributed by atoms with van der Waals surface area (Å²) in [5, 5.41) is 0. The summed E-state index contributed by atoms with van der Waals surface area (Å²) in [6, 6.07) is 1.81. The largest absolute Gasteiger partial charge is 0.472 e. The zero-order valence-corrected chi connectivity index (χ0v) is 8.20. The van der Waals surface area contributed by atoms with Gasteiger partial charge in [0.1, 0.15) is 0 Å². The van der Waals surface area contributed by atoms with Gasteiger partial charge in [-0.25, -0.2) is 0 Å². The summed E-state index contributed by atoms with van der Waals surface area (Å²) in [6.45, 7) is 5.69. The number of hydrogen-bond acceptors (Lipinski definition) is 2. The molecule has 0 aliphatic heterocycles. The molecule has 0 N–H and O–H groups in total. The Morgan fingerprint density at radius 2 is 2.15 bits per heavy atom. The molecule has 70 valence electrons. The van der Waals surface area contributed by atoms with Crippen molar-refractivity contribution in [1.82, 2.24) is 0 Å². The van der Waals surface area contributed by atoms with Crippen molar-refractivity contribution < 1.29 is 9.21 Å². The first-order valence-corrected chi connectivity index (χ1v) is 4.25. The van der Waals surface area contributed by atoms with Gasteiger partial charge < -0.3 is 4.42 Å². The Hall–Kier alpha value is -1.31. The Balaban J connectivity index is 2.65. The molecule has 13 heavy (non-hydrogen) atoms. The van der Waals surface area contributed by atoms with E-state index in [9.17, 15) is 4.79 Å². The maximum Gasteiger partial charge on any atom is 0.161 e. The minimum atomic E-state index is -0.305. The maximum atomic E-state index is 11.4. The molecule has 0 aliphatic carbocycles. The molecule has 2 nitrogen and oxygen atoms in total. The van der Waals surface area contributed by atoms with Crippen LogP contribution in [0.15, 0.2) is 29.1 Å². The lowest BCUT2D eigenvalue weighted by Gasteiger charge is -2.12. The van der Waals surface area contributed by atoms with E-state index in [2.05, 4.69) is 0 Å². The van der Waals surface area contributed by atoms with E-state index in [0.29, 0.717) is 0 Å². The van der Waals surface area contributed by atoms with Crippen LogP contribution in [0.5, 0.6) is 0 Å². The second kappa shape index (κ2) is 3.60. The number of rotatable bonds is 2. The highest BCUT2D eigenvalue weighted by Crippen LogP contribution is 2.16. The van der Waals surface area contributed by atoms with Crippen molar-refractivity contribution in [2.45, 2.75) is 20.8 Å². The van der Waals surface area contributed by atoms with E-state index in [1.807, 2.05) is 26.8 Å². The highest BCUT2D eigenvalue weighted by molar-refractivity contribution is 5.97. The topological polar surface area (TPSA) is 30.2 Å². The van der Waals surface area contributed by atoms with E-state index >= 15 is 0 Å². The van der Waals surface area contributed by atoms with E-state index < -0.39 is 0 Å². The number of hydrogen-bond donors (Lipinski definition) is 0. The van der Waals surface area contributed by atoms with Crippen molar-refractivity contribution in [1.29, 1.82) is 0 Å². The molecular formula is C11H14O2. The number of ketones is 1. The van der Waals surface area contributed by atoms with E-state index in [0.717, 1.165) is 5.56 Å². The number of furan rings is 1. The molecule has 0 saturated carbocycles. The fourth-order valence-corrected chi connectivity index (χ4v) is 0.792. The second-order valence-electron chi connectivity index (χ2n) is 4.00. The third-order valence-corrected chi connectivity index (χ3v) is 1.71. The molecule has 0 fully saturated rings. The predicted molar refractivity (Wildman–Crippen MR) is 52.2 cm³/mol. The number of carbonyl (C=O) groups is 1. The fraction of sp³-hybridized carbons (Fsp3) is 0.364. The van der Waals surface area contributed by atoms with Crippen LogP contribution in [0.3, 0.4) is 0 Å². The van der Waals surface area contributed by atoms with Crippen molar-refractivity contribution in [2.75, 3.05) is 0 Å². The van der Waals surface area contributed by atoms with Crippen molar-refractivity contribution in [3.05, 3.63) is 30.2 Å². The summed E-state index contributed by atoms with van der Waals surface area (Å²) < 4.78 is 4.87. The molecule has 0 aliphatic rings. The summed E-state index contributed by atoms with van der Waals surface area (Å²) in [5.74, 6) is 0.119. The van der Waals surface area contributed by atoms with Gasteiger partial charge in [0.15, 0.2) is 5.78 Å². The van der Waals surface area contributed by atoms with Crippen LogP contribution in [0.2, 0.25) is 0 Å². The van der Waals surface area contributed by atoms with Crippen molar-refractivity contribution >= 4 is 11.9 Å². The van der Waals surface area contributed by atoms with E-state index in [1.54, 1.807) is 24.7 Å². The minimum absolute atomic E-state index is 0.119. The molecule has 0 spiro atoms. The summed E-state index contributed by atoms with van der Waals surface area (Å²) >= 11 is 0. The van der Waals surface area contributed by atoms with Gasteiger partial charge in [0.2, 0.25) is 0 Å². The monoisotopic (exact) mass is 178 g/mol. The Bertz CT molecular complexity index is 299. The molecule has 1 aromatic heterocycles. The minimum Gasteiger partial charge on any atom is -0.472 e. The van der Waals surface area contributed by atoms with Gasteiger partial charge in [0.25, 0.3) is 0 Å². The van der Waals surface area contributed by atoms with Crippen LogP contribution in [0.4, 0.5) is 0 Å². The van der Waals surface area contributed by atoms with Gasteiger partial charge in [-0.3, -0.25) is 4.79 Å². The zero-order valence-electron chi connectivity index (χ0n) is 8.20. The summed E-state index contributed by atoms with van der Waals surface area (Å²) in [4.78, 5) is 11.4. The van der Waals surface area contributed by atoms with Crippen molar-refractivity contribution in [3.8, 4) is 0 Å². The molecule has 1 heterocycles. The molecule has 0 unspecified atom stereocenters. The van der Waals surface area contributed by atoms with Crippen LogP contribution in [0.1, 0.15) is 26.3 Å². The molecule has 0 saturated heterocycles. The Kier molecular flexibility index (Phi) is 2.71. The lowest BCUT2D eigenvalue weighted by atomic mass is 9.90. The van der Waals surface area contributed by atoms with Gasteiger partial charge >= 0.3 is 0 Å². The molecular weight excluding hydrogens is 164 g/mol. The van der Waals surface area contributed by atoms with Crippen LogP contribution >= 0.6 is 0 Å². The van der Waals surface area contributed by atoms with Gasteiger partial charge in [0, 0.05) is 11.0 Å². The quantitative estimate of drug-likeness (QED) is 0.652. The molecule has 2 heteroatoms. The van der Waals surface area contributed by atoms with E-state index in [1.165, 1.54) is 0 Å². The fourth-order valence-electron chi connectivity index (χ4n) is 0.792. The Morgan fingerprint density at radius 3 is 2.62 bits per heavy atom. The van der Waals surface area contributed by atoms with Crippen LogP contribution in [0, 0.1) is 5.41 Å². The van der Waals surface area contributed by atoms with Crippen LogP contribution in [-0.4, -0.2) is 5.78 Å². The number of carbonyl (C=O) groups excluding carboxylic acids is 1. The molecule has 1 aromatic rings. The molecule has 0 aromatic carbocycles. The Labute approximate surface area is 78.3 Å². The van der Waals surface area contributed by atoms with Gasteiger partial charge in [-0.15, -0.1) is 0 Å². The molecule has 0 atom stereocenters. The van der Waals surface area contributed by atoms with Crippen molar-refractivity contribution in [3.63, 3.8) is 0 Å². The average Bonchev–Trinajstić information content (AvgIpc) is 2.50. The SMILES string of the molecule is CC(C)(C)C(=O)/C=C/c1ccoc1. The normalized spacial score (nSPS) is 12.2. The first kappa shape index (κ1) is 9.78. The first-order chi connectivity index (χ1) is 6.00. The summed E-state index contributed by atoms with van der Waals surface area (Å²) in [7, 11) is 0. The second-order valence-corrected chi connectivity index (χ2v) is 4.00. The molecule has 0 amide bonds. The van der Waals surface area contributed by atoms with Gasteiger partial charge in [-0.1, -0.05) is 20.8 Å². The molecule has 0 bridgehead atoms. The maximum absolute atomic E-state index is 11.4. The van der Waals surface area contributed by atoms with Crippen LogP contribution in [0.25, 0.3) is 6.08 Å². The lowest BCUT2D eigenvalue weighted by molar-refractivity contribution is -0.121. The van der Waals surface area contributed by atoms with E-state index in [4.69, 9.17) is 4.42 Å². The third-order valence-electron chi connectivity index (χ3n) is 1.71. The molecule has 1 rings (SSSR count). The van der Waals surface area contributed by atoms with Crippen LogP contribution < -0.4 is 0 Å². The van der Waals surface area contributed by atoms with E-state index in [-0.39, 0.29) is 11.2 Å². The highest BCUT2D eigenvalue weighted by Gasteiger charge is 2.17. The highest BCUT2D eigenvalue weighted by atomic mass is 16.3. The lowest BCUT2D eigenvalue weighted by Crippen LogP contribution is -2.17. The van der Waals surface area contributed by atoms with Crippen LogP contribution in [-0.2, 0) is 4.79 Å².